The summed E-state index contributed by atoms with van der Waals surface area (Å²) < 4.78 is 6.48. The van der Waals surface area contributed by atoms with Crippen molar-refractivity contribution >= 4 is 33.3 Å². The predicted molar refractivity (Wildman–Crippen MR) is 145 cm³/mol. The number of carbonyl (C=O) groups excluding carboxylic acids is 1. The maximum absolute atomic E-state index is 12.7. The highest BCUT2D eigenvalue weighted by atomic mass is 32.1. The average Bonchev–Trinajstić information content (AvgIpc) is 3.35. The second-order valence-electron chi connectivity index (χ2n) is 9.17. The molecule has 1 amide bonds. The lowest BCUT2D eigenvalue weighted by molar-refractivity contribution is -0.132. The molecule has 0 unspecified atom stereocenters. The van der Waals surface area contributed by atoms with E-state index in [-0.39, 0.29) is 11.9 Å². The number of hydrogen-bond donors (Lipinski definition) is 1. The summed E-state index contributed by atoms with van der Waals surface area (Å²) in [5, 5.41) is 3.56. The van der Waals surface area contributed by atoms with E-state index in [2.05, 4.69) is 69.7 Å². The summed E-state index contributed by atoms with van der Waals surface area (Å²) in [5.74, 6) is 1.00. The Bertz CT molecular complexity index is 1300. The molecule has 1 saturated heterocycles. The standard InChI is InChI=1S/C28H31N5O2S/c1-32-12-14-33(15-13-32)26(34)16-20-8-10-22(11-9-20)25-17-23-27(36-25)28(30-19-29-23)31-24(18-35-2)21-6-4-3-5-7-21/h3-11,17,19,24H,12-16,18H2,1-2H3,(H,29,30,31)/t24-/m1/s1. The number of fused-ring (bicyclic) bond motifs is 1. The quantitative estimate of drug-likeness (QED) is 0.384. The normalized spacial score (nSPS) is 15.2. The van der Waals surface area contributed by atoms with Gasteiger partial charge in [-0.2, -0.15) is 0 Å². The van der Waals surface area contributed by atoms with Gasteiger partial charge in [0.2, 0.25) is 5.91 Å². The van der Waals surface area contributed by atoms with Crippen molar-refractivity contribution in [1.29, 1.82) is 0 Å². The van der Waals surface area contributed by atoms with Gasteiger partial charge in [0.05, 0.1) is 29.3 Å². The summed E-state index contributed by atoms with van der Waals surface area (Å²) >= 11 is 1.67. The fourth-order valence-corrected chi connectivity index (χ4v) is 5.54. The minimum absolute atomic E-state index is 0.0167. The van der Waals surface area contributed by atoms with Crippen molar-refractivity contribution in [3.8, 4) is 10.4 Å². The first-order valence-corrected chi connectivity index (χ1v) is 13.0. The monoisotopic (exact) mass is 501 g/mol. The van der Waals surface area contributed by atoms with Crippen LogP contribution in [0.1, 0.15) is 17.2 Å². The molecular weight excluding hydrogens is 470 g/mol. The van der Waals surface area contributed by atoms with Gasteiger partial charge in [0.25, 0.3) is 0 Å². The Balaban J connectivity index is 1.32. The predicted octanol–water partition coefficient (Wildman–Crippen LogP) is 4.47. The Morgan fingerprint density at radius 2 is 1.81 bits per heavy atom. The van der Waals surface area contributed by atoms with E-state index >= 15 is 0 Å². The van der Waals surface area contributed by atoms with Crippen LogP contribution in [0, 0.1) is 0 Å². The highest BCUT2D eigenvalue weighted by Gasteiger charge is 2.19. The number of amides is 1. The lowest BCUT2D eigenvalue weighted by Gasteiger charge is -2.32. The number of rotatable bonds is 8. The molecule has 8 heteroatoms. The van der Waals surface area contributed by atoms with E-state index in [0.29, 0.717) is 13.0 Å². The van der Waals surface area contributed by atoms with E-state index in [9.17, 15) is 4.79 Å². The molecule has 0 bridgehead atoms. The van der Waals surface area contributed by atoms with Crippen LogP contribution in [-0.2, 0) is 16.0 Å². The summed E-state index contributed by atoms with van der Waals surface area (Å²) in [4.78, 5) is 27.1. The van der Waals surface area contributed by atoms with E-state index in [1.165, 1.54) is 0 Å². The number of ether oxygens (including phenoxy) is 1. The zero-order chi connectivity index (χ0) is 24.9. The Hall–Kier alpha value is -3.33. The molecule has 2 aromatic carbocycles. The van der Waals surface area contributed by atoms with E-state index in [0.717, 1.165) is 63.8 Å². The number of aromatic nitrogens is 2. The van der Waals surface area contributed by atoms with Crippen LogP contribution in [0.3, 0.4) is 0 Å². The molecule has 36 heavy (non-hydrogen) atoms. The first kappa shape index (κ1) is 24.4. The molecule has 5 rings (SSSR count). The third-order valence-corrected chi connectivity index (χ3v) is 7.79. The first-order chi connectivity index (χ1) is 17.6. The highest BCUT2D eigenvalue weighted by molar-refractivity contribution is 7.22. The van der Waals surface area contributed by atoms with E-state index in [1.807, 2.05) is 23.1 Å². The van der Waals surface area contributed by atoms with Crippen molar-refractivity contribution in [2.24, 2.45) is 0 Å². The van der Waals surface area contributed by atoms with Crippen LogP contribution in [-0.4, -0.2) is 72.6 Å². The fourth-order valence-electron chi connectivity index (χ4n) is 4.47. The Labute approximate surface area is 215 Å². The maximum atomic E-state index is 12.7. The second kappa shape index (κ2) is 11.2. The van der Waals surface area contributed by atoms with Crippen molar-refractivity contribution in [2.75, 3.05) is 52.3 Å². The molecule has 1 aliphatic rings. The minimum atomic E-state index is -0.0167. The highest BCUT2D eigenvalue weighted by Crippen LogP contribution is 2.36. The molecule has 7 nitrogen and oxygen atoms in total. The number of hydrogen-bond acceptors (Lipinski definition) is 7. The van der Waals surface area contributed by atoms with Crippen LogP contribution in [0.5, 0.6) is 0 Å². The second-order valence-corrected chi connectivity index (χ2v) is 10.2. The smallest absolute Gasteiger partial charge is 0.227 e. The van der Waals surface area contributed by atoms with Gasteiger partial charge < -0.3 is 19.9 Å². The molecule has 0 spiro atoms. The molecule has 1 fully saturated rings. The van der Waals surface area contributed by atoms with E-state index in [1.54, 1.807) is 24.8 Å². The molecule has 0 aliphatic carbocycles. The Morgan fingerprint density at radius 1 is 1.06 bits per heavy atom. The minimum Gasteiger partial charge on any atom is -0.382 e. The summed E-state index contributed by atoms with van der Waals surface area (Å²) in [5.41, 5.74) is 4.20. The van der Waals surface area contributed by atoms with Gasteiger partial charge in [0.15, 0.2) is 0 Å². The largest absolute Gasteiger partial charge is 0.382 e. The summed E-state index contributed by atoms with van der Waals surface area (Å²) in [6.45, 7) is 4.02. The van der Waals surface area contributed by atoms with Crippen molar-refractivity contribution in [3.05, 3.63) is 78.1 Å². The number of thiophene rings is 1. The molecule has 2 aromatic heterocycles. The number of carbonyl (C=O) groups is 1. The van der Waals surface area contributed by atoms with Crippen LogP contribution >= 0.6 is 11.3 Å². The molecule has 186 valence electrons. The molecular formula is C28H31N5O2S. The molecule has 4 aromatic rings. The van der Waals surface area contributed by atoms with Crippen molar-refractivity contribution < 1.29 is 9.53 Å². The van der Waals surface area contributed by atoms with Gasteiger partial charge in [-0.1, -0.05) is 54.6 Å². The molecule has 0 saturated carbocycles. The molecule has 3 heterocycles. The fraction of sp³-hybridized carbons (Fsp3) is 0.321. The number of benzene rings is 2. The van der Waals surface area contributed by atoms with E-state index < -0.39 is 0 Å². The van der Waals surface area contributed by atoms with Crippen LogP contribution in [0.2, 0.25) is 0 Å². The molecule has 0 radical (unpaired) electrons. The third kappa shape index (κ3) is 5.56. The van der Waals surface area contributed by atoms with Crippen molar-refractivity contribution in [2.45, 2.75) is 12.5 Å². The topological polar surface area (TPSA) is 70.6 Å². The Kier molecular flexibility index (Phi) is 7.55. The first-order valence-electron chi connectivity index (χ1n) is 12.2. The van der Waals surface area contributed by atoms with E-state index in [4.69, 9.17) is 4.74 Å². The molecule has 1 atom stereocenters. The number of piperazine rings is 1. The van der Waals surface area contributed by atoms with Gasteiger partial charge in [-0.3, -0.25) is 4.79 Å². The van der Waals surface area contributed by atoms with Gasteiger partial charge >= 0.3 is 0 Å². The van der Waals surface area contributed by atoms with Crippen molar-refractivity contribution in [1.82, 2.24) is 19.8 Å². The van der Waals surface area contributed by atoms with Gasteiger partial charge in [-0.15, -0.1) is 11.3 Å². The van der Waals surface area contributed by atoms with Gasteiger partial charge in [0.1, 0.15) is 12.1 Å². The SMILES string of the molecule is COC[C@@H](Nc1ncnc2cc(-c3ccc(CC(=O)N4CCN(C)CC4)cc3)sc12)c1ccccc1. The van der Waals surface area contributed by atoms with Crippen LogP contribution in [0.15, 0.2) is 67.0 Å². The number of nitrogens with zero attached hydrogens (tertiary/aromatic N) is 4. The number of nitrogens with one attached hydrogen (secondary N) is 1. The zero-order valence-electron chi connectivity index (χ0n) is 20.7. The van der Waals surface area contributed by atoms with Crippen LogP contribution in [0.4, 0.5) is 5.82 Å². The van der Waals surface area contributed by atoms with Crippen molar-refractivity contribution in [3.63, 3.8) is 0 Å². The Morgan fingerprint density at radius 3 is 2.53 bits per heavy atom. The third-order valence-electron chi connectivity index (χ3n) is 6.61. The number of anilines is 1. The van der Waals surface area contributed by atoms with Gasteiger partial charge in [-0.25, -0.2) is 9.97 Å². The lowest BCUT2D eigenvalue weighted by atomic mass is 10.1. The molecule has 1 aliphatic heterocycles. The summed E-state index contributed by atoms with van der Waals surface area (Å²) in [7, 11) is 3.80. The zero-order valence-corrected chi connectivity index (χ0v) is 21.5. The number of likely N-dealkylation sites (N-methyl/N-ethyl adjacent to an activating group) is 1. The van der Waals surface area contributed by atoms with Gasteiger partial charge in [-0.05, 0) is 29.8 Å². The van der Waals surface area contributed by atoms with Crippen LogP contribution < -0.4 is 5.32 Å². The lowest BCUT2D eigenvalue weighted by Crippen LogP contribution is -2.47. The molecule has 1 N–H and O–H groups in total. The maximum Gasteiger partial charge on any atom is 0.227 e. The van der Waals surface area contributed by atoms with Gasteiger partial charge in [0, 0.05) is 38.2 Å². The number of methoxy groups -OCH3 is 1. The summed E-state index contributed by atoms with van der Waals surface area (Å²) in [6.07, 6.45) is 2.04. The summed E-state index contributed by atoms with van der Waals surface area (Å²) in [6, 6.07) is 20.6. The van der Waals surface area contributed by atoms with Crippen LogP contribution in [0.25, 0.3) is 20.7 Å². The average molecular weight is 502 g/mol.